The molecule has 4 rings (SSSR count). The van der Waals surface area contributed by atoms with Crippen molar-refractivity contribution < 1.29 is 13.6 Å². The minimum absolute atomic E-state index is 0.00544. The van der Waals surface area contributed by atoms with Crippen LogP contribution in [0.2, 0.25) is 0 Å². The van der Waals surface area contributed by atoms with Gasteiger partial charge in [-0.2, -0.15) is 0 Å². The van der Waals surface area contributed by atoms with E-state index in [1.807, 2.05) is 0 Å². The molecule has 1 aromatic carbocycles. The van der Waals surface area contributed by atoms with Crippen molar-refractivity contribution in [2.75, 3.05) is 18.0 Å². The van der Waals surface area contributed by atoms with Crippen molar-refractivity contribution >= 4 is 11.6 Å². The molecule has 1 aromatic rings. The van der Waals surface area contributed by atoms with Crippen LogP contribution in [0.25, 0.3) is 0 Å². The summed E-state index contributed by atoms with van der Waals surface area (Å²) in [5, 5.41) is 3.07. The second kappa shape index (κ2) is 5.99. The zero-order valence-electron chi connectivity index (χ0n) is 13.6. The molecule has 0 spiro atoms. The number of nitrogens with zero attached hydrogens (tertiary/aromatic N) is 1. The highest BCUT2D eigenvalue weighted by Gasteiger charge is 2.49. The molecule has 4 nitrogen and oxygen atoms in total. The molecule has 130 valence electrons. The van der Waals surface area contributed by atoms with Gasteiger partial charge in [0.25, 0.3) is 0 Å². The Bertz CT molecular complexity index is 631. The lowest BCUT2D eigenvalue weighted by Crippen LogP contribution is -2.48. The Morgan fingerprint density at radius 2 is 1.88 bits per heavy atom. The number of nitrogens with two attached hydrogens (primary N) is 1. The summed E-state index contributed by atoms with van der Waals surface area (Å²) in [5.74, 6) is -0.294. The molecule has 1 amide bonds. The highest BCUT2D eigenvalue weighted by atomic mass is 19.1. The molecule has 3 aliphatic rings. The summed E-state index contributed by atoms with van der Waals surface area (Å²) in [6.45, 7) is 0.964. The number of benzene rings is 1. The molecule has 1 heterocycles. The molecule has 24 heavy (non-hydrogen) atoms. The maximum Gasteiger partial charge on any atom is 0.225 e. The van der Waals surface area contributed by atoms with Gasteiger partial charge in [0.15, 0.2) is 0 Å². The van der Waals surface area contributed by atoms with Crippen molar-refractivity contribution in [2.45, 2.75) is 37.8 Å². The fourth-order valence-corrected chi connectivity index (χ4v) is 4.89. The minimum Gasteiger partial charge on any atom is -0.365 e. The van der Waals surface area contributed by atoms with Crippen LogP contribution in [0.15, 0.2) is 18.2 Å². The first kappa shape index (κ1) is 15.8. The van der Waals surface area contributed by atoms with E-state index in [-0.39, 0.29) is 29.6 Å². The normalized spacial score (nSPS) is 34.8. The third kappa shape index (κ3) is 2.57. The number of para-hydroxylation sites is 1. The minimum atomic E-state index is -0.558. The van der Waals surface area contributed by atoms with Crippen LogP contribution >= 0.6 is 0 Å². The second-order valence-electron chi connectivity index (χ2n) is 7.45. The third-order valence-corrected chi connectivity index (χ3v) is 6.07. The zero-order chi connectivity index (χ0) is 16.8. The fourth-order valence-electron chi connectivity index (χ4n) is 4.89. The monoisotopic (exact) mass is 335 g/mol. The quantitative estimate of drug-likeness (QED) is 0.889. The third-order valence-electron chi connectivity index (χ3n) is 6.07. The lowest BCUT2D eigenvalue weighted by atomic mass is 9.84. The van der Waals surface area contributed by atoms with Crippen LogP contribution in [-0.2, 0) is 4.79 Å². The summed E-state index contributed by atoms with van der Waals surface area (Å²) >= 11 is 0. The van der Waals surface area contributed by atoms with Crippen molar-refractivity contribution in [3.05, 3.63) is 29.8 Å². The zero-order valence-corrected chi connectivity index (χ0v) is 13.6. The molecule has 1 saturated heterocycles. The van der Waals surface area contributed by atoms with Crippen molar-refractivity contribution in [1.29, 1.82) is 0 Å². The van der Waals surface area contributed by atoms with Gasteiger partial charge in [0, 0.05) is 25.2 Å². The van der Waals surface area contributed by atoms with Gasteiger partial charge in [0.05, 0.1) is 5.92 Å². The molecule has 2 saturated carbocycles. The van der Waals surface area contributed by atoms with Gasteiger partial charge >= 0.3 is 0 Å². The first-order valence-electron chi connectivity index (χ1n) is 8.79. The first-order chi connectivity index (χ1) is 11.5. The summed E-state index contributed by atoms with van der Waals surface area (Å²) in [5.41, 5.74) is 6.23. The molecule has 0 radical (unpaired) electrons. The van der Waals surface area contributed by atoms with Crippen molar-refractivity contribution in [3.8, 4) is 0 Å². The highest BCUT2D eigenvalue weighted by Crippen LogP contribution is 2.47. The van der Waals surface area contributed by atoms with E-state index in [1.54, 1.807) is 4.90 Å². The Kier molecular flexibility index (Phi) is 3.95. The molecule has 1 aliphatic heterocycles. The first-order valence-corrected chi connectivity index (χ1v) is 8.79. The van der Waals surface area contributed by atoms with Crippen LogP contribution in [-0.4, -0.2) is 31.1 Å². The molecule has 0 aromatic heterocycles. The van der Waals surface area contributed by atoms with Gasteiger partial charge in [-0.1, -0.05) is 6.07 Å². The predicted octanol–water partition coefficient (Wildman–Crippen LogP) is 2.03. The Balaban J connectivity index is 1.40. The number of nitrogens with one attached hydrogen (secondary N) is 1. The Hall–Kier alpha value is -1.69. The standard InChI is InChI=1S/C18H23F2N3O/c19-13-2-1-3-14(20)17(13)23-7-6-12(9-23)22-18(24)15-10-4-5-11(8-10)16(15)21/h1-3,10-12,15-16H,4-9,21H2,(H,22,24). The van der Waals surface area contributed by atoms with E-state index in [2.05, 4.69) is 5.32 Å². The Labute approximate surface area is 140 Å². The number of anilines is 1. The Morgan fingerprint density at radius 3 is 2.54 bits per heavy atom. The molecule has 2 bridgehead atoms. The van der Waals surface area contributed by atoms with Gasteiger partial charge in [0.1, 0.15) is 17.3 Å². The lowest BCUT2D eigenvalue weighted by molar-refractivity contribution is -0.127. The SMILES string of the molecule is NC1C2CCC(C2)C1C(=O)NC1CCN(c2c(F)cccc2F)C1. The number of halogens is 2. The van der Waals surface area contributed by atoms with Crippen LogP contribution in [0.5, 0.6) is 0 Å². The van der Waals surface area contributed by atoms with Crippen LogP contribution in [0.3, 0.4) is 0 Å². The summed E-state index contributed by atoms with van der Waals surface area (Å²) in [6.07, 6.45) is 3.99. The largest absolute Gasteiger partial charge is 0.365 e. The highest BCUT2D eigenvalue weighted by molar-refractivity contribution is 5.81. The molecular weight excluding hydrogens is 312 g/mol. The molecule has 3 N–H and O–H groups in total. The predicted molar refractivity (Wildman–Crippen MR) is 87.4 cm³/mol. The van der Waals surface area contributed by atoms with E-state index >= 15 is 0 Å². The number of rotatable bonds is 3. The number of hydrogen-bond acceptors (Lipinski definition) is 3. The fraction of sp³-hybridized carbons (Fsp3) is 0.611. The maximum absolute atomic E-state index is 13.9. The number of carbonyl (C=O) groups excluding carboxylic acids is 1. The van der Waals surface area contributed by atoms with E-state index in [0.717, 1.165) is 19.3 Å². The molecule has 6 heteroatoms. The maximum atomic E-state index is 13.9. The van der Waals surface area contributed by atoms with Gasteiger partial charge in [0.2, 0.25) is 5.91 Å². The van der Waals surface area contributed by atoms with Gasteiger partial charge in [-0.05, 0) is 49.7 Å². The van der Waals surface area contributed by atoms with Crippen molar-refractivity contribution in [1.82, 2.24) is 5.32 Å². The summed E-state index contributed by atoms with van der Waals surface area (Å²) < 4.78 is 27.8. The number of hydrogen-bond donors (Lipinski definition) is 2. The smallest absolute Gasteiger partial charge is 0.225 e. The number of carbonyl (C=O) groups is 1. The van der Waals surface area contributed by atoms with Gasteiger partial charge in [-0.3, -0.25) is 4.79 Å². The van der Waals surface area contributed by atoms with E-state index in [1.165, 1.54) is 18.2 Å². The van der Waals surface area contributed by atoms with E-state index in [9.17, 15) is 13.6 Å². The second-order valence-corrected chi connectivity index (χ2v) is 7.45. The summed E-state index contributed by atoms with van der Waals surface area (Å²) in [6, 6.07) is 3.77. The van der Waals surface area contributed by atoms with Crippen LogP contribution in [0.1, 0.15) is 25.7 Å². The molecule has 3 fully saturated rings. The molecule has 2 aliphatic carbocycles. The average molecular weight is 335 g/mol. The van der Waals surface area contributed by atoms with Gasteiger partial charge in [-0.15, -0.1) is 0 Å². The molecular formula is C18H23F2N3O. The van der Waals surface area contributed by atoms with Crippen LogP contribution < -0.4 is 16.0 Å². The van der Waals surface area contributed by atoms with Gasteiger partial charge < -0.3 is 16.0 Å². The molecule has 5 unspecified atom stereocenters. The van der Waals surface area contributed by atoms with Crippen LogP contribution in [0, 0.1) is 29.4 Å². The molecule has 5 atom stereocenters. The van der Waals surface area contributed by atoms with E-state index < -0.39 is 11.6 Å². The van der Waals surface area contributed by atoms with Gasteiger partial charge in [-0.25, -0.2) is 8.78 Å². The van der Waals surface area contributed by atoms with Crippen LogP contribution in [0.4, 0.5) is 14.5 Å². The number of fused-ring (bicyclic) bond motifs is 2. The lowest BCUT2D eigenvalue weighted by Gasteiger charge is -2.28. The van der Waals surface area contributed by atoms with Crippen molar-refractivity contribution in [3.63, 3.8) is 0 Å². The summed E-state index contributed by atoms with van der Waals surface area (Å²) in [7, 11) is 0. The van der Waals surface area contributed by atoms with E-state index in [4.69, 9.17) is 5.73 Å². The Morgan fingerprint density at radius 1 is 1.17 bits per heavy atom. The number of amides is 1. The van der Waals surface area contributed by atoms with E-state index in [0.29, 0.717) is 31.3 Å². The van der Waals surface area contributed by atoms with Crippen molar-refractivity contribution in [2.24, 2.45) is 23.5 Å². The summed E-state index contributed by atoms with van der Waals surface area (Å²) in [4.78, 5) is 14.3. The topological polar surface area (TPSA) is 58.4 Å². The average Bonchev–Trinajstić information content (AvgIpc) is 3.23.